The zero-order chi connectivity index (χ0) is 20.0. The lowest BCUT2D eigenvalue weighted by Gasteiger charge is -2.18. The summed E-state index contributed by atoms with van der Waals surface area (Å²) in [7, 11) is 0. The summed E-state index contributed by atoms with van der Waals surface area (Å²) in [5.41, 5.74) is 4.56. The Morgan fingerprint density at radius 3 is 1.96 bits per heavy atom. The molecule has 5 nitrogen and oxygen atoms in total. The number of aryl methyl sites for hydroxylation is 3. The first kappa shape index (κ1) is 20.9. The molecule has 2 aromatic rings. The molecule has 144 valence electrons. The van der Waals surface area contributed by atoms with Gasteiger partial charge in [0.1, 0.15) is 0 Å². The molecule has 1 unspecified atom stereocenters. The third-order valence-corrected chi connectivity index (χ3v) is 4.70. The molecule has 0 heterocycles. The molecule has 2 amide bonds. The van der Waals surface area contributed by atoms with Crippen LogP contribution in [0.15, 0.2) is 36.4 Å². The van der Waals surface area contributed by atoms with Crippen LogP contribution < -0.4 is 15.5 Å². The van der Waals surface area contributed by atoms with Crippen LogP contribution in [0.3, 0.4) is 0 Å². The van der Waals surface area contributed by atoms with Crippen molar-refractivity contribution >= 4 is 34.8 Å². The van der Waals surface area contributed by atoms with Gasteiger partial charge in [0.05, 0.1) is 6.54 Å². The summed E-state index contributed by atoms with van der Waals surface area (Å²) in [5.74, 6) is -0.246. The van der Waals surface area contributed by atoms with E-state index >= 15 is 0 Å². The lowest BCUT2D eigenvalue weighted by molar-refractivity contribution is -0.881. The van der Waals surface area contributed by atoms with Crippen LogP contribution in [0.4, 0.5) is 11.4 Å². The van der Waals surface area contributed by atoms with E-state index in [1.165, 1.54) is 0 Å². The second-order valence-corrected chi connectivity index (χ2v) is 7.27. The molecule has 1 atom stereocenters. The smallest absolute Gasteiger partial charge is 0.279 e. The van der Waals surface area contributed by atoms with Crippen LogP contribution in [0, 0.1) is 20.8 Å². The maximum absolute atomic E-state index is 12.4. The predicted molar refractivity (Wildman–Crippen MR) is 111 cm³/mol. The van der Waals surface area contributed by atoms with Crippen molar-refractivity contribution in [3.63, 3.8) is 0 Å². The number of benzene rings is 2. The number of anilines is 2. The lowest BCUT2D eigenvalue weighted by atomic mass is 10.1. The van der Waals surface area contributed by atoms with Gasteiger partial charge in [-0.2, -0.15) is 0 Å². The zero-order valence-electron chi connectivity index (χ0n) is 16.3. The molecule has 0 aliphatic rings. The third-order valence-electron chi connectivity index (χ3n) is 4.46. The summed E-state index contributed by atoms with van der Waals surface area (Å²) in [5, 5.41) is 6.40. The molecule has 0 radical (unpaired) electrons. The van der Waals surface area contributed by atoms with Crippen LogP contribution in [0.1, 0.15) is 23.6 Å². The Hall–Kier alpha value is -2.37. The Balaban J connectivity index is 1.94. The van der Waals surface area contributed by atoms with Crippen molar-refractivity contribution in [2.45, 2.75) is 27.7 Å². The van der Waals surface area contributed by atoms with Crippen LogP contribution in [0.2, 0.25) is 5.02 Å². The van der Waals surface area contributed by atoms with Gasteiger partial charge in [-0.15, -0.1) is 0 Å². The van der Waals surface area contributed by atoms with E-state index < -0.39 is 0 Å². The van der Waals surface area contributed by atoms with Crippen LogP contribution >= 0.6 is 11.6 Å². The summed E-state index contributed by atoms with van der Waals surface area (Å²) >= 11 is 5.99. The minimum atomic E-state index is -0.142. The molecule has 0 bridgehead atoms. The van der Waals surface area contributed by atoms with E-state index in [2.05, 4.69) is 10.6 Å². The molecule has 3 N–H and O–H groups in total. The maximum atomic E-state index is 12.4. The Morgan fingerprint density at radius 1 is 0.889 bits per heavy atom. The number of carbonyl (C=O) groups excluding carboxylic acids is 2. The highest BCUT2D eigenvalue weighted by molar-refractivity contribution is 6.31. The van der Waals surface area contributed by atoms with Gasteiger partial charge >= 0.3 is 0 Å². The number of quaternary nitrogens is 1. The molecular formula is C21H27ClN3O2+. The normalized spacial score (nSPS) is 11.7. The number of likely N-dealkylation sites (N-methyl/N-ethyl adjacent to an activating group) is 1. The van der Waals surface area contributed by atoms with Crippen molar-refractivity contribution in [2.24, 2.45) is 0 Å². The number of amides is 2. The van der Waals surface area contributed by atoms with E-state index in [0.717, 1.165) is 27.3 Å². The average Bonchev–Trinajstić information content (AvgIpc) is 2.60. The second kappa shape index (κ2) is 9.53. The monoisotopic (exact) mass is 388 g/mol. The first-order chi connectivity index (χ1) is 12.8. The van der Waals surface area contributed by atoms with Crippen molar-refractivity contribution in [1.82, 2.24) is 0 Å². The molecule has 0 fully saturated rings. The summed E-state index contributed by atoms with van der Waals surface area (Å²) < 4.78 is 0. The summed E-state index contributed by atoms with van der Waals surface area (Å²) in [4.78, 5) is 25.7. The van der Waals surface area contributed by atoms with Crippen LogP contribution in [0.5, 0.6) is 0 Å². The number of nitrogens with one attached hydrogen (secondary N) is 3. The highest BCUT2D eigenvalue weighted by Crippen LogP contribution is 2.19. The number of hydrogen-bond acceptors (Lipinski definition) is 2. The van der Waals surface area contributed by atoms with Crippen molar-refractivity contribution in [3.05, 3.63) is 58.1 Å². The van der Waals surface area contributed by atoms with Gasteiger partial charge in [-0.25, -0.2) is 0 Å². The zero-order valence-corrected chi connectivity index (χ0v) is 17.0. The largest absolute Gasteiger partial charge is 0.321 e. The minimum absolute atomic E-state index is 0.104. The molecule has 0 aliphatic carbocycles. The lowest BCUT2D eigenvalue weighted by Crippen LogP contribution is -3.13. The highest BCUT2D eigenvalue weighted by Gasteiger charge is 2.18. The summed E-state index contributed by atoms with van der Waals surface area (Å²) in [6.45, 7) is 8.92. The summed E-state index contributed by atoms with van der Waals surface area (Å²) in [6.07, 6.45) is 0. The maximum Gasteiger partial charge on any atom is 0.279 e. The Bertz CT molecular complexity index is 769. The van der Waals surface area contributed by atoms with E-state index in [4.69, 9.17) is 11.6 Å². The van der Waals surface area contributed by atoms with E-state index in [9.17, 15) is 9.59 Å². The standard InChI is InChI=1S/C21H26ClN3O2/c1-5-25(12-20(26)23-18-10-14(2)6-7-15(18)3)13-21(27)24-19-11-17(22)9-8-16(19)4/h6-11H,5,12-13H2,1-4H3,(H,23,26)(H,24,27)/p+1. The molecule has 0 saturated heterocycles. The average molecular weight is 389 g/mol. The van der Waals surface area contributed by atoms with E-state index in [1.807, 2.05) is 52.0 Å². The van der Waals surface area contributed by atoms with Gasteiger partial charge in [0.2, 0.25) is 0 Å². The van der Waals surface area contributed by atoms with Gasteiger partial charge in [-0.1, -0.05) is 29.8 Å². The van der Waals surface area contributed by atoms with Gasteiger partial charge in [-0.05, 0) is 62.6 Å². The number of hydrogen-bond donors (Lipinski definition) is 3. The van der Waals surface area contributed by atoms with Gasteiger partial charge in [0.15, 0.2) is 13.1 Å². The van der Waals surface area contributed by atoms with Gasteiger partial charge in [-0.3, -0.25) is 9.59 Å². The fraction of sp³-hybridized carbons (Fsp3) is 0.333. The first-order valence-electron chi connectivity index (χ1n) is 9.05. The molecule has 6 heteroatoms. The van der Waals surface area contributed by atoms with Crippen LogP contribution in [-0.4, -0.2) is 31.4 Å². The number of halogens is 1. The fourth-order valence-electron chi connectivity index (χ4n) is 2.75. The Labute approximate surface area is 165 Å². The Kier molecular flexibility index (Phi) is 7.39. The van der Waals surface area contributed by atoms with E-state index in [-0.39, 0.29) is 24.9 Å². The molecule has 27 heavy (non-hydrogen) atoms. The van der Waals surface area contributed by atoms with E-state index in [1.54, 1.807) is 12.1 Å². The second-order valence-electron chi connectivity index (χ2n) is 6.83. The quantitative estimate of drug-likeness (QED) is 0.683. The summed E-state index contributed by atoms with van der Waals surface area (Å²) in [6, 6.07) is 11.3. The van der Waals surface area contributed by atoms with Crippen molar-refractivity contribution in [2.75, 3.05) is 30.3 Å². The molecular weight excluding hydrogens is 362 g/mol. The van der Waals surface area contributed by atoms with Gasteiger partial charge in [0.25, 0.3) is 11.8 Å². The fourth-order valence-corrected chi connectivity index (χ4v) is 2.93. The Morgan fingerprint density at radius 2 is 1.41 bits per heavy atom. The molecule has 0 saturated carbocycles. The van der Waals surface area contributed by atoms with E-state index in [0.29, 0.717) is 17.3 Å². The van der Waals surface area contributed by atoms with Crippen molar-refractivity contribution in [3.8, 4) is 0 Å². The minimum Gasteiger partial charge on any atom is -0.321 e. The van der Waals surface area contributed by atoms with Crippen molar-refractivity contribution < 1.29 is 14.5 Å². The van der Waals surface area contributed by atoms with Crippen LogP contribution in [-0.2, 0) is 9.59 Å². The number of rotatable bonds is 7. The first-order valence-corrected chi connectivity index (χ1v) is 9.43. The highest BCUT2D eigenvalue weighted by atomic mass is 35.5. The molecule has 0 spiro atoms. The number of carbonyl (C=O) groups is 2. The van der Waals surface area contributed by atoms with Gasteiger partial charge in [0, 0.05) is 16.4 Å². The topological polar surface area (TPSA) is 62.6 Å². The van der Waals surface area contributed by atoms with Gasteiger partial charge < -0.3 is 15.5 Å². The molecule has 0 aliphatic heterocycles. The van der Waals surface area contributed by atoms with Crippen molar-refractivity contribution in [1.29, 1.82) is 0 Å². The SMILES string of the molecule is CC[NH+](CC(=O)Nc1cc(C)ccc1C)CC(=O)Nc1cc(Cl)ccc1C. The molecule has 0 aromatic heterocycles. The third kappa shape index (κ3) is 6.38. The van der Waals surface area contributed by atoms with Crippen LogP contribution in [0.25, 0.3) is 0 Å². The predicted octanol–water partition coefficient (Wildman–Crippen LogP) is 2.75. The molecule has 2 rings (SSSR count). The molecule has 2 aromatic carbocycles.